The first kappa shape index (κ1) is 13.9. The molecule has 0 radical (unpaired) electrons. The molecule has 0 aliphatic rings. The summed E-state index contributed by atoms with van der Waals surface area (Å²) in [5, 5.41) is 0. The number of ether oxygens (including phenoxy) is 1. The van der Waals surface area contributed by atoms with Crippen molar-refractivity contribution in [2.45, 2.75) is 19.9 Å². The van der Waals surface area contributed by atoms with Crippen LogP contribution in [0.1, 0.15) is 22.8 Å². The number of carbonyl (C=O) groups is 1. The van der Waals surface area contributed by atoms with E-state index in [2.05, 4.69) is 0 Å². The van der Waals surface area contributed by atoms with E-state index in [1.807, 2.05) is 50.1 Å². The van der Waals surface area contributed by atoms with Gasteiger partial charge >= 0.3 is 0 Å². The molecule has 1 aromatic rings. The molecule has 0 aliphatic heterocycles. The summed E-state index contributed by atoms with van der Waals surface area (Å²) in [6.45, 7) is 5.34. The molecule has 0 spiro atoms. The minimum absolute atomic E-state index is 0.118. The summed E-state index contributed by atoms with van der Waals surface area (Å²) in [4.78, 5) is 14.2. The number of carbonyl (C=O) groups excluding carboxylic acids is 1. The summed E-state index contributed by atoms with van der Waals surface area (Å²) >= 11 is 0. The van der Waals surface area contributed by atoms with E-state index in [-0.39, 0.29) is 11.8 Å². The van der Waals surface area contributed by atoms with Crippen LogP contribution in [0.25, 0.3) is 0 Å². The monoisotopic (exact) mass is 235 g/mol. The fourth-order valence-electron chi connectivity index (χ4n) is 1.59. The molecular formula is C14H21NO2. The lowest BCUT2D eigenvalue weighted by Crippen LogP contribution is -2.38. The summed E-state index contributed by atoms with van der Waals surface area (Å²) in [6.07, 6.45) is 0. The van der Waals surface area contributed by atoms with Crippen LogP contribution in [-0.2, 0) is 4.74 Å². The van der Waals surface area contributed by atoms with Gasteiger partial charge in [0.05, 0.1) is 12.6 Å². The molecule has 3 heteroatoms. The molecule has 17 heavy (non-hydrogen) atoms. The van der Waals surface area contributed by atoms with Gasteiger partial charge in [0.1, 0.15) is 0 Å². The second-order valence-electron chi connectivity index (χ2n) is 4.38. The van der Waals surface area contributed by atoms with E-state index in [9.17, 15) is 4.79 Å². The SMILES string of the molecule is COCCN(C)C(C)C(=O)c1ccc(C)cc1. The summed E-state index contributed by atoms with van der Waals surface area (Å²) in [7, 11) is 3.61. The van der Waals surface area contributed by atoms with Crippen molar-refractivity contribution in [3.8, 4) is 0 Å². The molecule has 1 unspecified atom stereocenters. The van der Waals surface area contributed by atoms with Gasteiger partial charge in [0, 0.05) is 19.2 Å². The topological polar surface area (TPSA) is 29.5 Å². The normalized spacial score (nSPS) is 12.8. The first-order valence-corrected chi connectivity index (χ1v) is 5.86. The number of hydrogen-bond acceptors (Lipinski definition) is 3. The molecule has 0 amide bonds. The van der Waals surface area contributed by atoms with Gasteiger partial charge in [-0.3, -0.25) is 9.69 Å². The van der Waals surface area contributed by atoms with Crippen LogP contribution in [0.5, 0.6) is 0 Å². The Bertz CT molecular complexity index is 359. The van der Waals surface area contributed by atoms with E-state index >= 15 is 0 Å². The van der Waals surface area contributed by atoms with Crippen LogP contribution in [0.15, 0.2) is 24.3 Å². The highest BCUT2D eigenvalue weighted by Gasteiger charge is 2.18. The van der Waals surface area contributed by atoms with Crippen LogP contribution in [-0.4, -0.2) is 44.0 Å². The number of methoxy groups -OCH3 is 1. The van der Waals surface area contributed by atoms with Gasteiger partial charge in [0.25, 0.3) is 0 Å². The van der Waals surface area contributed by atoms with Gasteiger partial charge in [0.2, 0.25) is 0 Å². The second-order valence-corrected chi connectivity index (χ2v) is 4.38. The Morgan fingerprint density at radius 2 is 1.94 bits per heavy atom. The van der Waals surface area contributed by atoms with Crippen LogP contribution >= 0.6 is 0 Å². The number of hydrogen-bond donors (Lipinski definition) is 0. The third kappa shape index (κ3) is 3.95. The van der Waals surface area contributed by atoms with Crippen LogP contribution < -0.4 is 0 Å². The van der Waals surface area contributed by atoms with Gasteiger partial charge in [-0.1, -0.05) is 29.8 Å². The molecule has 0 saturated carbocycles. The Hall–Kier alpha value is -1.19. The average molecular weight is 235 g/mol. The van der Waals surface area contributed by atoms with Gasteiger partial charge in [-0.25, -0.2) is 0 Å². The van der Waals surface area contributed by atoms with Crippen LogP contribution in [0.3, 0.4) is 0 Å². The van der Waals surface area contributed by atoms with Gasteiger partial charge < -0.3 is 4.74 Å². The molecule has 0 saturated heterocycles. The zero-order chi connectivity index (χ0) is 12.8. The maximum Gasteiger partial charge on any atom is 0.179 e. The summed E-state index contributed by atoms with van der Waals surface area (Å²) in [5.74, 6) is 0.156. The van der Waals surface area contributed by atoms with Crippen molar-refractivity contribution in [3.05, 3.63) is 35.4 Å². The number of rotatable bonds is 6. The van der Waals surface area contributed by atoms with E-state index < -0.39 is 0 Å². The van der Waals surface area contributed by atoms with Crippen molar-refractivity contribution in [2.75, 3.05) is 27.3 Å². The van der Waals surface area contributed by atoms with Gasteiger partial charge in [-0.15, -0.1) is 0 Å². The molecule has 1 atom stereocenters. The molecule has 3 nitrogen and oxygen atoms in total. The molecule has 0 fully saturated rings. The summed E-state index contributed by atoms with van der Waals surface area (Å²) in [6, 6.07) is 7.59. The van der Waals surface area contributed by atoms with Gasteiger partial charge in [-0.05, 0) is 20.9 Å². The van der Waals surface area contributed by atoms with Crippen molar-refractivity contribution in [1.29, 1.82) is 0 Å². The van der Waals surface area contributed by atoms with Crippen LogP contribution in [0.2, 0.25) is 0 Å². The Morgan fingerprint density at radius 1 is 1.35 bits per heavy atom. The molecule has 0 aliphatic carbocycles. The standard InChI is InChI=1S/C14H21NO2/c1-11-5-7-13(8-6-11)14(16)12(2)15(3)9-10-17-4/h5-8,12H,9-10H2,1-4H3. The number of Topliss-reactive ketones (excluding diaryl/α,β-unsaturated/α-hetero) is 1. The Morgan fingerprint density at radius 3 is 2.47 bits per heavy atom. The zero-order valence-electron chi connectivity index (χ0n) is 11.1. The van der Waals surface area contributed by atoms with Crippen molar-refractivity contribution < 1.29 is 9.53 Å². The largest absolute Gasteiger partial charge is 0.383 e. The van der Waals surface area contributed by atoms with Crippen molar-refractivity contribution in [1.82, 2.24) is 4.90 Å². The molecule has 0 N–H and O–H groups in total. The summed E-state index contributed by atoms with van der Waals surface area (Å²) in [5.41, 5.74) is 1.94. The molecule has 1 aromatic carbocycles. The minimum Gasteiger partial charge on any atom is -0.383 e. The Kier molecular flexibility index (Phi) is 5.32. The quantitative estimate of drug-likeness (QED) is 0.708. The van der Waals surface area contributed by atoms with E-state index in [1.54, 1.807) is 7.11 Å². The smallest absolute Gasteiger partial charge is 0.179 e. The first-order chi connectivity index (χ1) is 8.06. The maximum absolute atomic E-state index is 12.2. The molecule has 0 aromatic heterocycles. The third-order valence-corrected chi connectivity index (χ3v) is 3.02. The molecule has 0 bridgehead atoms. The minimum atomic E-state index is -0.118. The number of likely N-dealkylation sites (N-methyl/N-ethyl adjacent to an activating group) is 1. The highest BCUT2D eigenvalue weighted by atomic mass is 16.5. The highest BCUT2D eigenvalue weighted by Crippen LogP contribution is 2.09. The molecule has 94 valence electrons. The third-order valence-electron chi connectivity index (χ3n) is 3.02. The first-order valence-electron chi connectivity index (χ1n) is 5.86. The van der Waals surface area contributed by atoms with Crippen molar-refractivity contribution in [2.24, 2.45) is 0 Å². The van der Waals surface area contributed by atoms with E-state index in [0.29, 0.717) is 6.61 Å². The fraction of sp³-hybridized carbons (Fsp3) is 0.500. The number of benzene rings is 1. The van der Waals surface area contributed by atoms with Crippen LogP contribution in [0, 0.1) is 6.92 Å². The van der Waals surface area contributed by atoms with Gasteiger partial charge in [-0.2, -0.15) is 0 Å². The number of ketones is 1. The maximum atomic E-state index is 12.2. The summed E-state index contributed by atoms with van der Waals surface area (Å²) < 4.78 is 5.01. The van der Waals surface area contributed by atoms with Crippen LogP contribution in [0.4, 0.5) is 0 Å². The zero-order valence-corrected chi connectivity index (χ0v) is 11.1. The van der Waals surface area contributed by atoms with Crippen molar-refractivity contribution >= 4 is 5.78 Å². The molecule has 1 rings (SSSR count). The van der Waals surface area contributed by atoms with E-state index in [1.165, 1.54) is 5.56 Å². The Labute approximate surface area is 103 Å². The lowest BCUT2D eigenvalue weighted by molar-refractivity contribution is 0.0826. The predicted octanol–water partition coefficient (Wildman–Crippen LogP) is 2.14. The average Bonchev–Trinajstić information content (AvgIpc) is 2.35. The number of nitrogens with zero attached hydrogens (tertiary/aromatic N) is 1. The Balaban J connectivity index is 2.65. The second kappa shape index (κ2) is 6.52. The molecule has 0 heterocycles. The predicted molar refractivity (Wildman–Crippen MR) is 69.5 cm³/mol. The molecular weight excluding hydrogens is 214 g/mol. The van der Waals surface area contributed by atoms with E-state index in [4.69, 9.17) is 4.74 Å². The van der Waals surface area contributed by atoms with Gasteiger partial charge in [0.15, 0.2) is 5.78 Å². The fourth-order valence-corrected chi connectivity index (χ4v) is 1.59. The number of aryl methyl sites for hydroxylation is 1. The van der Waals surface area contributed by atoms with Crippen molar-refractivity contribution in [3.63, 3.8) is 0 Å². The highest BCUT2D eigenvalue weighted by molar-refractivity contribution is 5.99. The lowest BCUT2D eigenvalue weighted by Gasteiger charge is -2.23. The van der Waals surface area contributed by atoms with E-state index in [0.717, 1.165) is 12.1 Å². The lowest BCUT2D eigenvalue weighted by atomic mass is 10.0.